The highest BCUT2D eigenvalue weighted by atomic mass is 32.1. The quantitative estimate of drug-likeness (QED) is 0.854. The van der Waals surface area contributed by atoms with E-state index in [9.17, 15) is 4.79 Å². The molecule has 0 saturated carbocycles. The molecule has 0 atom stereocenters. The van der Waals surface area contributed by atoms with Gasteiger partial charge in [-0.2, -0.15) is 0 Å². The molecule has 1 aliphatic rings. The van der Waals surface area contributed by atoms with Gasteiger partial charge in [0.1, 0.15) is 10.7 Å². The lowest BCUT2D eigenvalue weighted by Crippen LogP contribution is -2.49. The van der Waals surface area contributed by atoms with Gasteiger partial charge in [0.2, 0.25) is 5.13 Å². The van der Waals surface area contributed by atoms with Crippen molar-refractivity contribution in [2.24, 2.45) is 7.05 Å². The van der Waals surface area contributed by atoms with Crippen molar-refractivity contribution in [3.05, 3.63) is 23.2 Å². The molecule has 0 radical (unpaired) electrons. The van der Waals surface area contributed by atoms with Crippen molar-refractivity contribution in [2.45, 2.75) is 19.8 Å². The number of anilines is 1. The Hall–Kier alpha value is -1.96. The normalized spacial score (nSPS) is 15.6. The van der Waals surface area contributed by atoms with Crippen LogP contribution in [0.3, 0.4) is 0 Å². The first-order valence-electron chi connectivity index (χ1n) is 7.40. The first-order chi connectivity index (χ1) is 10.6. The molecule has 3 rings (SSSR count). The van der Waals surface area contributed by atoms with E-state index in [1.54, 1.807) is 28.4 Å². The maximum Gasteiger partial charge on any atom is 0.272 e. The zero-order valence-electron chi connectivity index (χ0n) is 13.1. The van der Waals surface area contributed by atoms with E-state index in [-0.39, 0.29) is 5.91 Å². The Labute approximate surface area is 133 Å². The number of piperazine rings is 1. The molecule has 0 N–H and O–H groups in total. The van der Waals surface area contributed by atoms with E-state index in [0.29, 0.717) is 24.7 Å². The molecular weight excluding hydrogens is 300 g/mol. The highest BCUT2D eigenvalue weighted by Crippen LogP contribution is 2.26. The number of aryl methyl sites for hydroxylation is 1. The third kappa shape index (κ3) is 2.83. The van der Waals surface area contributed by atoms with Crippen molar-refractivity contribution in [3.63, 3.8) is 0 Å². The van der Waals surface area contributed by atoms with E-state index in [0.717, 1.165) is 23.2 Å². The third-order valence-corrected chi connectivity index (χ3v) is 5.08. The molecule has 1 amide bonds. The summed E-state index contributed by atoms with van der Waals surface area (Å²) in [5.74, 6) is 0.443. The van der Waals surface area contributed by atoms with Crippen LogP contribution in [0, 0.1) is 0 Å². The maximum atomic E-state index is 12.4. The number of nitrogens with zero attached hydrogens (tertiary/aromatic N) is 6. The molecule has 22 heavy (non-hydrogen) atoms. The Morgan fingerprint density at radius 3 is 2.50 bits per heavy atom. The van der Waals surface area contributed by atoms with E-state index in [4.69, 9.17) is 0 Å². The topological polar surface area (TPSA) is 67.2 Å². The lowest BCUT2D eigenvalue weighted by atomic mass is 10.2. The predicted octanol–water partition coefficient (Wildman–Crippen LogP) is 1.36. The number of aromatic nitrogens is 4. The number of hydrogen-bond donors (Lipinski definition) is 0. The Morgan fingerprint density at radius 2 is 1.95 bits per heavy atom. The van der Waals surface area contributed by atoms with Crippen molar-refractivity contribution in [3.8, 4) is 0 Å². The van der Waals surface area contributed by atoms with E-state index in [2.05, 4.69) is 33.9 Å². The van der Waals surface area contributed by atoms with Crippen molar-refractivity contribution >= 4 is 22.4 Å². The van der Waals surface area contributed by atoms with Crippen molar-refractivity contribution in [1.82, 2.24) is 24.6 Å². The maximum absolute atomic E-state index is 12.4. The van der Waals surface area contributed by atoms with E-state index in [1.807, 2.05) is 11.9 Å². The number of carbonyl (C=O) groups excluding carboxylic acids is 1. The lowest BCUT2D eigenvalue weighted by molar-refractivity contribution is 0.0737. The molecule has 3 heterocycles. The molecule has 0 aromatic carbocycles. The summed E-state index contributed by atoms with van der Waals surface area (Å²) in [6.45, 7) is 7.21. The molecule has 1 aliphatic heterocycles. The number of carbonyl (C=O) groups is 1. The molecule has 2 aromatic heterocycles. The highest BCUT2D eigenvalue weighted by molar-refractivity contribution is 7.15. The van der Waals surface area contributed by atoms with Crippen LogP contribution in [0.5, 0.6) is 0 Å². The second kappa shape index (κ2) is 6.04. The van der Waals surface area contributed by atoms with Crippen molar-refractivity contribution in [2.75, 3.05) is 31.1 Å². The Morgan fingerprint density at radius 1 is 1.23 bits per heavy atom. The zero-order chi connectivity index (χ0) is 15.7. The van der Waals surface area contributed by atoms with Crippen LogP contribution in [0.1, 0.15) is 35.3 Å². The zero-order valence-corrected chi connectivity index (χ0v) is 13.9. The van der Waals surface area contributed by atoms with Crippen LogP contribution >= 0.6 is 11.3 Å². The van der Waals surface area contributed by atoms with Gasteiger partial charge in [-0.25, -0.2) is 4.98 Å². The minimum Gasteiger partial charge on any atom is -0.343 e. The molecule has 0 aliphatic carbocycles. The van der Waals surface area contributed by atoms with E-state index < -0.39 is 0 Å². The van der Waals surface area contributed by atoms with Gasteiger partial charge < -0.3 is 14.4 Å². The first kappa shape index (κ1) is 15.0. The first-order valence-corrected chi connectivity index (χ1v) is 8.22. The fourth-order valence-corrected chi connectivity index (χ4v) is 3.31. The van der Waals surface area contributed by atoms with Crippen LogP contribution in [-0.4, -0.2) is 56.7 Å². The number of imidazole rings is 1. The molecule has 1 saturated heterocycles. The van der Waals surface area contributed by atoms with Gasteiger partial charge in [0.15, 0.2) is 0 Å². The number of rotatable bonds is 3. The smallest absolute Gasteiger partial charge is 0.272 e. The van der Waals surface area contributed by atoms with Crippen LogP contribution < -0.4 is 4.90 Å². The van der Waals surface area contributed by atoms with Crippen LogP contribution in [0.2, 0.25) is 0 Å². The molecule has 7 nitrogen and oxygen atoms in total. The summed E-state index contributed by atoms with van der Waals surface area (Å²) in [5.41, 5.74) is 0.631. The van der Waals surface area contributed by atoms with Gasteiger partial charge in [-0.15, -0.1) is 10.2 Å². The van der Waals surface area contributed by atoms with E-state index >= 15 is 0 Å². The number of amides is 1. The summed E-state index contributed by atoms with van der Waals surface area (Å²) in [6, 6.07) is 0. The van der Waals surface area contributed by atoms with Gasteiger partial charge in [-0.1, -0.05) is 25.2 Å². The fraction of sp³-hybridized carbons (Fsp3) is 0.571. The third-order valence-electron chi connectivity index (χ3n) is 3.80. The van der Waals surface area contributed by atoms with E-state index in [1.165, 1.54) is 0 Å². The molecule has 0 spiro atoms. The fourth-order valence-electron chi connectivity index (χ4n) is 2.41. The standard InChI is InChI=1S/C14H20N6OS/c1-10(2)12-16-17-14(22-12)20-6-4-19(5-7-20)13(21)11-8-15-9-18(11)3/h8-10H,4-7H2,1-3H3. The highest BCUT2D eigenvalue weighted by Gasteiger charge is 2.25. The molecule has 8 heteroatoms. The predicted molar refractivity (Wildman–Crippen MR) is 85.3 cm³/mol. The second-order valence-electron chi connectivity index (χ2n) is 5.75. The summed E-state index contributed by atoms with van der Waals surface area (Å²) >= 11 is 1.64. The Bertz CT molecular complexity index is 656. The summed E-state index contributed by atoms with van der Waals surface area (Å²) in [7, 11) is 1.84. The molecule has 1 fully saturated rings. The van der Waals surface area contributed by atoms with Crippen molar-refractivity contribution < 1.29 is 4.79 Å². The van der Waals surface area contributed by atoms with Crippen LogP contribution in [0.25, 0.3) is 0 Å². The minimum atomic E-state index is 0.0415. The summed E-state index contributed by atoms with van der Waals surface area (Å²) in [5, 5.41) is 10.5. The largest absolute Gasteiger partial charge is 0.343 e. The van der Waals surface area contributed by atoms with Gasteiger partial charge in [0.25, 0.3) is 5.91 Å². The number of hydrogen-bond acceptors (Lipinski definition) is 6. The summed E-state index contributed by atoms with van der Waals surface area (Å²) in [6.07, 6.45) is 3.27. The van der Waals surface area contributed by atoms with Crippen LogP contribution in [0.15, 0.2) is 12.5 Å². The van der Waals surface area contributed by atoms with Gasteiger partial charge in [0.05, 0.1) is 12.5 Å². The summed E-state index contributed by atoms with van der Waals surface area (Å²) < 4.78 is 1.76. The van der Waals surface area contributed by atoms with Crippen LogP contribution in [-0.2, 0) is 7.05 Å². The molecule has 118 valence electrons. The molecule has 2 aromatic rings. The molecule has 0 bridgehead atoms. The molecule has 0 unspecified atom stereocenters. The SMILES string of the molecule is CC(C)c1nnc(N2CCN(C(=O)c3cncn3C)CC2)s1. The average molecular weight is 320 g/mol. The Balaban J connectivity index is 1.62. The van der Waals surface area contributed by atoms with Crippen molar-refractivity contribution in [1.29, 1.82) is 0 Å². The molecular formula is C14H20N6OS. The van der Waals surface area contributed by atoms with Gasteiger partial charge in [-0.05, 0) is 0 Å². The Kier molecular flexibility index (Phi) is 4.10. The monoisotopic (exact) mass is 320 g/mol. The average Bonchev–Trinajstić information content (AvgIpc) is 3.15. The minimum absolute atomic E-state index is 0.0415. The second-order valence-corrected chi connectivity index (χ2v) is 6.73. The van der Waals surface area contributed by atoms with Crippen LogP contribution in [0.4, 0.5) is 5.13 Å². The van der Waals surface area contributed by atoms with Gasteiger partial charge >= 0.3 is 0 Å². The van der Waals surface area contributed by atoms with Gasteiger partial charge in [0, 0.05) is 39.1 Å². The summed E-state index contributed by atoms with van der Waals surface area (Å²) in [4.78, 5) is 20.5. The lowest BCUT2D eigenvalue weighted by Gasteiger charge is -2.34. The van der Waals surface area contributed by atoms with Gasteiger partial charge in [-0.3, -0.25) is 4.79 Å².